The third kappa shape index (κ3) is 4.19. The van der Waals surface area contributed by atoms with Crippen LogP contribution in [0.1, 0.15) is 29.6 Å². The van der Waals surface area contributed by atoms with Crippen molar-refractivity contribution in [2.24, 2.45) is 17.4 Å². The first-order chi connectivity index (χ1) is 10.1. The van der Waals surface area contributed by atoms with E-state index in [0.717, 1.165) is 19.3 Å². The monoisotopic (exact) mass is 291 g/mol. The van der Waals surface area contributed by atoms with E-state index < -0.39 is 5.91 Å². The number of hydrogen-bond acceptors (Lipinski definition) is 4. The molecule has 1 saturated carbocycles. The summed E-state index contributed by atoms with van der Waals surface area (Å²) in [5.74, 6) is 0.228. The van der Waals surface area contributed by atoms with Crippen LogP contribution in [0.5, 0.6) is 5.75 Å². The minimum Gasteiger partial charge on any atom is -0.484 e. The third-order valence-electron chi connectivity index (χ3n) is 3.78. The maximum absolute atomic E-state index is 12.2. The number of primary amides is 1. The maximum atomic E-state index is 12.2. The highest BCUT2D eigenvalue weighted by atomic mass is 16.5. The second-order valence-electron chi connectivity index (χ2n) is 5.29. The summed E-state index contributed by atoms with van der Waals surface area (Å²) in [7, 11) is 0. The van der Waals surface area contributed by atoms with Crippen LogP contribution >= 0.6 is 0 Å². The standard InChI is InChI=1S/C15H21N3O3/c16-8-11-2-1-3-13(11)18-15(20)10-4-6-12(7-5-10)21-9-14(17)19/h4-7,11,13H,1-3,8-9,16H2,(H2,17,19)(H,18,20). The number of carbonyl (C=O) groups excluding carboxylic acids is 2. The Bertz CT molecular complexity index is 501. The largest absolute Gasteiger partial charge is 0.484 e. The molecular weight excluding hydrogens is 270 g/mol. The summed E-state index contributed by atoms with van der Waals surface area (Å²) in [6.45, 7) is 0.427. The molecule has 1 fully saturated rings. The van der Waals surface area contributed by atoms with Crippen molar-refractivity contribution in [1.82, 2.24) is 5.32 Å². The zero-order valence-corrected chi connectivity index (χ0v) is 11.9. The van der Waals surface area contributed by atoms with Crippen LogP contribution in [0.4, 0.5) is 0 Å². The highest BCUT2D eigenvalue weighted by Crippen LogP contribution is 2.25. The molecule has 0 spiro atoms. The van der Waals surface area contributed by atoms with Crippen molar-refractivity contribution in [2.75, 3.05) is 13.2 Å². The van der Waals surface area contributed by atoms with Gasteiger partial charge >= 0.3 is 0 Å². The van der Waals surface area contributed by atoms with Crippen molar-refractivity contribution in [3.8, 4) is 5.75 Å². The topological polar surface area (TPSA) is 107 Å². The SMILES string of the molecule is NCC1CCCC1NC(=O)c1ccc(OCC(N)=O)cc1. The van der Waals surface area contributed by atoms with Crippen molar-refractivity contribution in [2.45, 2.75) is 25.3 Å². The smallest absolute Gasteiger partial charge is 0.255 e. The Kier molecular flexibility index (Phi) is 5.16. The van der Waals surface area contributed by atoms with E-state index in [1.54, 1.807) is 24.3 Å². The molecule has 1 aliphatic carbocycles. The van der Waals surface area contributed by atoms with Gasteiger partial charge in [-0.05, 0) is 49.6 Å². The Morgan fingerprint density at radius 1 is 1.24 bits per heavy atom. The van der Waals surface area contributed by atoms with Crippen LogP contribution in [0.25, 0.3) is 0 Å². The summed E-state index contributed by atoms with van der Waals surface area (Å²) < 4.78 is 5.15. The van der Waals surface area contributed by atoms with Gasteiger partial charge in [-0.2, -0.15) is 0 Å². The van der Waals surface area contributed by atoms with Crippen molar-refractivity contribution in [3.05, 3.63) is 29.8 Å². The van der Waals surface area contributed by atoms with Crippen LogP contribution in [0, 0.1) is 5.92 Å². The van der Waals surface area contributed by atoms with Crippen molar-refractivity contribution >= 4 is 11.8 Å². The zero-order valence-electron chi connectivity index (χ0n) is 11.9. The maximum Gasteiger partial charge on any atom is 0.255 e. The molecule has 0 aliphatic heterocycles. The molecule has 1 aliphatic rings. The summed E-state index contributed by atoms with van der Waals surface area (Å²) in [4.78, 5) is 22.8. The van der Waals surface area contributed by atoms with Crippen molar-refractivity contribution in [3.63, 3.8) is 0 Å². The Morgan fingerprint density at radius 3 is 2.57 bits per heavy atom. The van der Waals surface area contributed by atoms with Gasteiger partial charge in [0.1, 0.15) is 5.75 Å². The molecule has 0 aromatic heterocycles. The predicted molar refractivity (Wildman–Crippen MR) is 78.8 cm³/mol. The van der Waals surface area contributed by atoms with Crippen LogP contribution in [0.15, 0.2) is 24.3 Å². The highest BCUT2D eigenvalue weighted by molar-refractivity contribution is 5.94. The minimum atomic E-state index is -0.536. The fourth-order valence-electron chi connectivity index (χ4n) is 2.62. The lowest BCUT2D eigenvalue weighted by Gasteiger charge is -2.19. The van der Waals surface area contributed by atoms with E-state index in [1.807, 2.05) is 0 Å². The first-order valence-corrected chi connectivity index (χ1v) is 7.12. The molecule has 0 bridgehead atoms. The van der Waals surface area contributed by atoms with Crippen LogP contribution < -0.4 is 21.5 Å². The van der Waals surface area contributed by atoms with E-state index in [2.05, 4.69) is 5.32 Å². The van der Waals surface area contributed by atoms with Crippen molar-refractivity contribution in [1.29, 1.82) is 0 Å². The number of hydrogen-bond donors (Lipinski definition) is 3. The normalized spacial score (nSPS) is 21.0. The van der Waals surface area contributed by atoms with Crippen LogP contribution in [0.3, 0.4) is 0 Å². The van der Waals surface area contributed by atoms with Crippen LogP contribution in [-0.4, -0.2) is 31.0 Å². The average Bonchev–Trinajstić information content (AvgIpc) is 2.92. The fourth-order valence-corrected chi connectivity index (χ4v) is 2.62. The molecular formula is C15H21N3O3. The molecule has 0 saturated heterocycles. The Hall–Kier alpha value is -2.08. The van der Waals surface area contributed by atoms with E-state index >= 15 is 0 Å². The molecule has 6 nitrogen and oxygen atoms in total. The lowest BCUT2D eigenvalue weighted by molar-refractivity contribution is -0.119. The molecule has 0 heterocycles. The number of nitrogens with one attached hydrogen (secondary N) is 1. The van der Waals surface area contributed by atoms with E-state index in [9.17, 15) is 9.59 Å². The summed E-state index contributed by atoms with van der Waals surface area (Å²) in [6.07, 6.45) is 3.15. The number of ether oxygens (including phenoxy) is 1. The van der Waals surface area contributed by atoms with E-state index in [0.29, 0.717) is 23.8 Å². The van der Waals surface area contributed by atoms with Gasteiger partial charge in [-0.15, -0.1) is 0 Å². The lowest BCUT2D eigenvalue weighted by Crippen LogP contribution is -2.39. The molecule has 2 atom stereocenters. The molecule has 2 unspecified atom stereocenters. The van der Waals surface area contributed by atoms with Gasteiger partial charge in [0.05, 0.1) is 0 Å². The molecule has 2 rings (SSSR count). The predicted octanol–water partition coefficient (Wildman–Crippen LogP) is 0.408. The number of benzene rings is 1. The molecule has 21 heavy (non-hydrogen) atoms. The van der Waals surface area contributed by atoms with E-state index in [-0.39, 0.29) is 18.6 Å². The average molecular weight is 291 g/mol. The highest BCUT2D eigenvalue weighted by Gasteiger charge is 2.27. The molecule has 2 amide bonds. The van der Waals surface area contributed by atoms with Gasteiger partial charge in [0.25, 0.3) is 11.8 Å². The first-order valence-electron chi connectivity index (χ1n) is 7.12. The number of amides is 2. The van der Waals surface area contributed by atoms with E-state index in [1.165, 1.54) is 0 Å². The summed E-state index contributed by atoms with van der Waals surface area (Å²) >= 11 is 0. The molecule has 114 valence electrons. The first kappa shape index (κ1) is 15.3. The molecule has 0 radical (unpaired) electrons. The Morgan fingerprint density at radius 2 is 1.95 bits per heavy atom. The second kappa shape index (κ2) is 7.08. The Balaban J connectivity index is 1.92. The number of carbonyl (C=O) groups is 2. The van der Waals surface area contributed by atoms with Gasteiger partial charge in [0.2, 0.25) is 0 Å². The second-order valence-corrected chi connectivity index (χ2v) is 5.29. The van der Waals surface area contributed by atoms with Gasteiger partial charge in [-0.1, -0.05) is 6.42 Å². The minimum absolute atomic E-state index is 0.109. The van der Waals surface area contributed by atoms with Crippen LogP contribution in [0.2, 0.25) is 0 Å². The molecule has 6 heteroatoms. The zero-order chi connectivity index (χ0) is 15.2. The summed E-state index contributed by atoms with van der Waals surface area (Å²) in [5, 5.41) is 3.03. The van der Waals surface area contributed by atoms with Crippen molar-refractivity contribution < 1.29 is 14.3 Å². The van der Waals surface area contributed by atoms with Gasteiger partial charge < -0.3 is 21.5 Å². The molecule has 1 aromatic rings. The van der Waals surface area contributed by atoms with E-state index in [4.69, 9.17) is 16.2 Å². The third-order valence-corrected chi connectivity index (χ3v) is 3.78. The summed E-state index contributed by atoms with van der Waals surface area (Å²) in [6, 6.07) is 6.78. The fraction of sp³-hybridized carbons (Fsp3) is 0.467. The van der Waals surface area contributed by atoms with Gasteiger partial charge in [0.15, 0.2) is 6.61 Å². The summed E-state index contributed by atoms with van der Waals surface area (Å²) in [5.41, 5.74) is 11.3. The lowest BCUT2D eigenvalue weighted by atomic mass is 10.0. The number of rotatable bonds is 6. The van der Waals surface area contributed by atoms with Crippen LogP contribution in [-0.2, 0) is 4.79 Å². The number of nitrogens with two attached hydrogens (primary N) is 2. The molecule has 1 aromatic carbocycles. The molecule has 5 N–H and O–H groups in total. The Labute approximate surface area is 123 Å². The quantitative estimate of drug-likeness (QED) is 0.705. The van der Waals surface area contributed by atoms with Gasteiger partial charge in [0, 0.05) is 11.6 Å². The van der Waals surface area contributed by atoms with Gasteiger partial charge in [-0.25, -0.2) is 0 Å². The van der Waals surface area contributed by atoms with Gasteiger partial charge in [-0.3, -0.25) is 9.59 Å².